The van der Waals surface area contributed by atoms with E-state index >= 15 is 0 Å². The van der Waals surface area contributed by atoms with E-state index in [1.807, 2.05) is 9.80 Å². The van der Waals surface area contributed by atoms with Crippen LogP contribution in [0, 0.1) is 0 Å². The lowest BCUT2D eigenvalue weighted by molar-refractivity contribution is -0.149. The van der Waals surface area contributed by atoms with Crippen molar-refractivity contribution in [1.82, 2.24) is 14.8 Å². The van der Waals surface area contributed by atoms with E-state index in [9.17, 15) is 9.59 Å². The van der Waals surface area contributed by atoms with Gasteiger partial charge in [0.15, 0.2) is 0 Å². The second kappa shape index (κ2) is 6.75. The maximum absolute atomic E-state index is 12.6. The van der Waals surface area contributed by atoms with Gasteiger partial charge in [-0.25, -0.2) is 0 Å². The number of hydrogen-bond acceptors (Lipinski definition) is 4. The first-order chi connectivity index (χ1) is 12.2. The predicted molar refractivity (Wildman–Crippen MR) is 92.0 cm³/mol. The molecule has 4 rings (SSSR count). The number of pyridine rings is 1. The summed E-state index contributed by atoms with van der Waals surface area (Å²) in [6.45, 7) is 3.12. The van der Waals surface area contributed by atoms with Gasteiger partial charge < -0.3 is 14.5 Å². The molecule has 0 radical (unpaired) electrons. The van der Waals surface area contributed by atoms with Gasteiger partial charge in [0.2, 0.25) is 0 Å². The van der Waals surface area contributed by atoms with Crippen molar-refractivity contribution in [2.24, 2.45) is 0 Å². The van der Waals surface area contributed by atoms with E-state index in [1.165, 1.54) is 0 Å². The lowest BCUT2D eigenvalue weighted by atomic mass is 9.88. The molecule has 0 unspecified atom stereocenters. The molecule has 0 saturated carbocycles. The normalized spacial score (nSPS) is 25.5. The lowest BCUT2D eigenvalue weighted by Gasteiger charge is -2.39. The van der Waals surface area contributed by atoms with Crippen LogP contribution in [0.3, 0.4) is 0 Å². The summed E-state index contributed by atoms with van der Waals surface area (Å²) >= 11 is 0. The fraction of sp³-hybridized carbons (Fsp3) is 0.632. The number of aromatic nitrogens is 1. The fourth-order valence-corrected chi connectivity index (χ4v) is 4.29. The summed E-state index contributed by atoms with van der Waals surface area (Å²) in [5.41, 5.74) is 0.468. The van der Waals surface area contributed by atoms with Crippen LogP contribution in [0.25, 0.3) is 0 Å². The average Bonchev–Trinajstić information content (AvgIpc) is 3.33. The Balaban J connectivity index is 1.34. The molecule has 0 N–H and O–H groups in total. The molecule has 4 heterocycles. The maximum Gasteiger partial charge on any atom is 0.253 e. The minimum absolute atomic E-state index is 0.0555. The zero-order chi connectivity index (χ0) is 17.3. The Hall–Kier alpha value is -1.95. The molecule has 0 aromatic carbocycles. The summed E-state index contributed by atoms with van der Waals surface area (Å²) in [6, 6.07) is 3.51. The van der Waals surface area contributed by atoms with Crippen molar-refractivity contribution in [3.8, 4) is 0 Å². The summed E-state index contributed by atoms with van der Waals surface area (Å²) in [5.74, 6) is 0.226. The van der Waals surface area contributed by atoms with Crippen LogP contribution < -0.4 is 0 Å². The zero-order valence-corrected chi connectivity index (χ0v) is 14.5. The SMILES string of the molecule is O=C(c1ccncc1)N1CCC2(CC[C@@H](C(=O)N3CCCC3)O2)CC1. The van der Waals surface area contributed by atoms with Crippen molar-refractivity contribution in [1.29, 1.82) is 0 Å². The second-order valence-electron chi connectivity index (χ2n) is 7.39. The molecule has 3 aliphatic heterocycles. The number of ether oxygens (including phenoxy) is 1. The largest absolute Gasteiger partial charge is 0.362 e. The molecule has 0 bridgehead atoms. The Labute approximate surface area is 148 Å². The van der Waals surface area contributed by atoms with Gasteiger partial charge in [-0.15, -0.1) is 0 Å². The van der Waals surface area contributed by atoms with E-state index in [2.05, 4.69) is 4.98 Å². The van der Waals surface area contributed by atoms with Gasteiger partial charge in [-0.3, -0.25) is 14.6 Å². The number of rotatable bonds is 2. The van der Waals surface area contributed by atoms with Crippen molar-refractivity contribution in [3.05, 3.63) is 30.1 Å². The van der Waals surface area contributed by atoms with E-state index in [0.29, 0.717) is 18.7 Å². The van der Waals surface area contributed by atoms with Crippen molar-refractivity contribution < 1.29 is 14.3 Å². The van der Waals surface area contributed by atoms with Crippen molar-refractivity contribution >= 4 is 11.8 Å². The molecule has 2 amide bonds. The first-order valence-electron chi connectivity index (χ1n) is 9.33. The van der Waals surface area contributed by atoms with E-state index in [0.717, 1.165) is 51.6 Å². The van der Waals surface area contributed by atoms with Crippen LogP contribution in [0.4, 0.5) is 0 Å². The second-order valence-corrected chi connectivity index (χ2v) is 7.39. The van der Waals surface area contributed by atoms with Gasteiger partial charge in [-0.1, -0.05) is 0 Å². The Morgan fingerprint density at radius 1 is 1.00 bits per heavy atom. The third kappa shape index (κ3) is 3.27. The van der Waals surface area contributed by atoms with Crippen molar-refractivity contribution in [2.45, 2.75) is 50.2 Å². The molecule has 1 atom stereocenters. The van der Waals surface area contributed by atoms with Crippen molar-refractivity contribution in [3.63, 3.8) is 0 Å². The Bertz CT molecular complexity index is 635. The van der Waals surface area contributed by atoms with E-state index in [1.54, 1.807) is 24.5 Å². The topological polar surface area (TPSA) is 62.7 Å². The highest BCUT2D eigenvalue weighted by Gasteiger charge is 2.46. The number of amides is 2. The first kappa shape index (κ1) is 16.5. The van der Waals surface area contributed by atoms with Crippen LogP contribution >= 0.6 is 0 Å². The summed E-state index contributed by atoms with van der Waals surface area (Å²) in [6.07, 6.45) is 8.59. The van der Waals surface area contributed by atoms with Gasteiger partial charge in [0.1, 0.15) is 6.10 Å². The molecular weight excluding hydrogens is 318 g/mol. The molecule has 3 aliphatic rings. The molecule has 1 aromatic rings. The monoisotopic (exact) mass is 343 g/mol. The van der Waals surface area contributed by atoms with E-state index in [-0.39, 0.29) is 23.5 Å². The molecule has 6 heteroatoms. The van der Waals surface area contributed by atoms with Crippen molar-refractivity contribution in [2.75, 3.05) is 26.2 Å². The van der Waals surface area contributed by atoms with E-state index < -0.39 is 0 Å². The Kier molecular flexibility index (Phi) is 4.46. The molecule has 0 aliphatic carbocycles. The summed E-state index contributed by atoms with van der Waals surface area (Å²) in [7, 11) is 0. The molecule has 3 fully saturated rings. The van der Waals surface area contributed by atoms with Crippen LogP contribution in [-0.2, 0) is 9.53 Å². The minimum Gasteiger partial charge on any atom is -0.362 e. The molecule has 6 nitrogen and oxygen atoms in total. The van der Waals surface area contributed by atoms with Gasteiger partial charge in [0.25, 0.3) is 11.8 Å². The number of likely N-dealkylation sites (tertiary alicyclic amines) is 2. The van der Waals surface area contributed by atoms with Gasteiger partial charge >= 0.3 is 0 Å². The third-order valence-corrected chi connectivity index (χ3v) is 5.84. The summed E-state index contributed by atoms with van der Waals surface area (Å²) < 4.78 is 6.26. The number of carbonyl (C=O) groups is 2. The van der Waals surface area contributed by atoms with Gasteiger partial charge in [-0.05, 0) is 50.7 Å². The molecule has 25 heavy (non-hydrogen) atoms. The standard InChI is InChI=1S/C19H25N3O3/c23-17(15-4-9-20-10-5-15)22-13-7-19(8-14-22)6-3-16(25-19)18(24)21-11-1-2-12-21/h4-5,9-10,16H,1-3,6-8,11-14H2/t16-/m0/s1. The molecule has 1 aromatic heterocycles. The predicted octanol–water partition coefficient (Wildman–Crippen LogP) is 1.86. The maximum atomic E-state index is 12.6. The zero-order valence-electron chi connectivity index (χ0n) is 14.5. The van der Waals surface area contributed by atoms with Crippen LogP contribution in [0.5, 0.6) is 0 Å². The lowest BCUT2D eigenvalue weighted by Crippen LogP contribution is -2.47. The van der Waals surface area contributed by atoms with Gasteiger partial charge in [0.05, 0.1) is 5.60 Å². The van der Waals surface area contributed by atoms with Crippen LogP contribution in [0.15, 0.2) is 24.5 Å². The van der Waals surface area contributed by atoms with Crippen LogP contribution in [0.1, 0.15) is 48.9 Å². The smallest absolute Gasteiger partial charge is 0.253 e. The molecule has 3 saturated heterocycles. The first-order valence-corrected chi connectivity index (χ1v) is 9.33. The summed E-state index contributed by atoms with van der Waals surface area (Å²) in [4.78, 5) is 32.9. The quantitative estimate of drug-likeness (QED) is 0.822. The third-order valence-electron chi connectivity index (χ3n) is 5.84. The fourth-order valence-electron chi connectivity index (χ4n) is 4.29. The number of carbonyl (C=O) groups excluding carboxylic acids is 2. The number of nitrogens with zero attached hydrogens (tertiary/aromatic N) is 3. The Morgan fingerprint density at radius 2 is 1.68 bits per heavy atom. The van der Waals surface area contributed by atoms with Crippen LogP contribution in [0.2, 0.25) is 0 Å². The molecule has 1 spiro atoms. The number of hydrogen-bond donors (Lipinski definition) is 0. The van der Waals surface area contributed by atoms with Gasteiger partial charge in [-0.2, -0.15) is 0 Å². The average molecular weight is 343 g/mol. The summed E-state index contributed by atoms with van der Waals surface area (Å²) in [5, 5.41) is 0. The Morgan fingerprint density at radius 3 is 2.36 bits per heavy atom. The highest BCUT2D eigenvalue weighted by Crippen LogP contribution is 2.39. The van der Waals surface area contributed by atoms with E-state index in [4.69, 9.17) is 4.74 Å². The number of piperidine rings is 1. The minimum atomic E-state index is -0.277. The van der Waals surface area contributed by atoms with Crippen LogP contribution in [-0.4, -0.2) is 64.5 Å². The highest BCUT2D eigenvalue weighted by atomic mass is 16.5. The molecular formula is C19H25N3O3. The highest BCUT2D eigenvalue weighted by molar-refractivity contribution is 5.94. The van der Waals surface area contributed by atoms with Gasteiger partial charge in [0, 0.05) is 44.1 Å². The molecule has 134 valence electrons.